The molecular weight excluding hydrogens is 262 g/mol. The largest absolute Gasteiger partial charge is 0.495 e. The highest BCUT2D eigenvalue weighted by molar-refractivity contribution is 5.45. The molecule has 0 unspecified atom stereocenters. The third-order valence-electron chi connectivity index (χ3n) is 4.11. The van der Waals surface area contributed by atoms with Crippen molar-refractivity contribution in [3.63, 3.8) is 0 Å². The third kappa shape index (κ3) is 4.20. The molecule has 1 aliphatic heterocycles. The van der Waals surface area contributed by atoms with Crippen LogP contribution in [0.25, 0.3) is 0 Å². The first-order valence-electron chi connectivity index (χ1n) is 7.80. The van der Waals surface area contributed by atoms with Gasteiger partial charge in [0.25, 0.3) is 0 Å². The second-order valence-corrected chi connectivity index (χ2v) is 5.60. The Morgan fingerprint density at radius 1 is 1.38 bits per heavy atom. The molecule has 4 heteroatoms. The number of methoxy groups -OCH3 is 1. The molecule has 0 radical (unpaired) electrons. The van der Waals surface area contributed by atoms with E-state index in [1.807, 2.05) is 18.2 Å². The molecule has 1 aromatic carbocycles. The summed E-state index contributed by atoms with van der Waals surface area (Å²) in [5.74, 6) is 0.678. The van der Waals surface area contributed by atoms with Gasteiger partial charge in [0.2, 0.25) is 0 Å². The van der Waals surface area contributed by atoms with E-state index in [-0.39, 0.29) is 0 Å². The predicted molar refractivity (Wildman–Crippen MR) is 84.3 cm³/mol. The first-order chi connectivity index (χ1) is 10.3. The maximum atomic E-state index is 9.06. The van der Waals surface area contributed by atoms with Crippen LogP contribution in [0, 0.1) is 11.3 Å². The lowest BCUT2D eigenvalue weighted by atomic mass is 10.0. The topological polar surface area (TPSA) is 48.3 Å². The fourth-order valence-corrected chi connectivity index (χ4v) is 3.01. The smallest absolute Gasteiger partial charge is 0.136 e. The molecule has 21 heavy (non-hydrogen) atoms. The van der Waals surface area contributed by atoms with Gasteiger partial charge in [0.05, 0.1) is 12.7 Å². The molecule has 1 fully saturated rings. The van der Waals surface area contributed by atoms with E-state index in [0.29, 0.717) is 17.4 Å². The summed E-state index contributed by atoms with van der Waals surface area (Å²) in [6, 6.07) is 8.74. The molecule has 0 spiro atoms. The van der Waals surface area contributed by atoms with E-state index in [0.717, 1.165) is 32.6 Å². The maximum absolute atomic E-state index is 9.06. The highest BCUT2D eigenvalue weighted by Gasteiger charge is 2.20. The Kier molecular flexibility index (Phi) is 6.04. The lowest BCUT2D eigenvalue weighted by molar-refractivity contribution is 0.154. The first-order valence-corrected chi connectivity index (χ1v) is 7.80. The van der Waals surface area contributed by atoms with Crippen LogP contribution < -0.4 is 10.1 Å². The summed E-state index contributed by atoms with van der Waals surface area (Å²) in [5, 5.41) is 12.5. The third-order valence-corrected chi connectivity index (χ3v) is 4.11. The molecule has 1 aromatic rings. The molecule has 0 atom stereocenters. The molecule has 1 saturated heterocycles. The van der Waals surface area contributed by atoms with Gasteiger partial charge in [-0.05, 0) is 56.6 Å². The Hall–Kier alpha value is -1.57. The SMILES string of the molecule is CCCN(Cc1ccc(C#N)c(OC)c1)C1CCNCC1. The van der Waals surface area contributed by atoms with E-state index in [4.69, 9.17) is 10.00 Å². The maximum Gasteiger partial charge on any atom is 0.136 e. The molecule has 0 bridgehead atoms. The molecule has 0 amide bonds. The van der Waals surface area contributed by atoms with Crippen molar-refractivity contribution in [2.45, 2.75) is 38.8 Å². The lowest BCUT2D eigenvalue weighted by Gasteiger charge is -2.34. The van der Waals surface area contributed by atoms with Crippen molar-refractivity contribution in [3.8, 4) is 11.8 Å². The molecule has 0 aliphatic carbocycles. The van der Waals surface area contributed by atoms with Gasteiger partial charge >= 0.3 is 0 Å². The van der Waals surface area contributed by atoms with Crippen molar-refractivity contribution in [2.75, 3.05) is 26.7 Å². The fraction of sp³-hybridized carbons (Fsp3) is 0.588. The highest BCUT2D eigenvalue weighted by atomic mass is 16.5. The summed E-state index contributed by atoms with van der Waals surface area (Å²) >= 11 is 0. The zero-order valence-electron chi connectivity index (χ0n) is 13.1. The van der Waals surface area contributed by atoms with Gasteiger partial charge in [0, 0.05) is 12.6 Å². The van der Waals surface area contributed by atoms with Crippen LogP contribution in [0.5, 0.6) is 5.75 Å². The van der Waals surface area contributed by atoms with Crippen LogP contribution in [0.1, 0.15) is 37.3 Å². The van der Waals surface area contributed by atoms with Crippen LogP contribution in [0.15, 0.2) is 18.2 Å². The zero-order chi connectivity index (χ0) is 15.1. The van der Waals surface area contributed by atoms with Crippen molar-refractivity contribution in [1.82, 2.24) is 10.2 Å². The summed E-state index contributed by atoms with van der Waals surface area (Å²) in [4.78, 5) is 2.57. The van der Waals surface area contributed by atoms with Gasteiger partial charge in [-0.3, -0.25) is 4.90 Å². The van der Waals surface area contributed by atoms with Crippen LogP contribution in [0.2, 0.25) is 0 Å². The first kappa shape index (κ1) is 15.8. The van der Waals surface area contributed by atoms with Gasteiger partial charge in [-0.15, -0.1) is 0 Å². The summed E-state index contributed by atoms with van der Waals surface area (Å²) < 4.78 is 5.31. The Bertz CT molecular complexity index is 489. The van der Waals surface area contributed by atoms with Crippen molar-refractivity contribution < 1.29 is 4.74 Å². The number of hydrogen-bond donors (Lipinski definition) is 1. The highest BCUT2D eigenvalue weighted by Crippen LogP contribution is 2.22. The minimum absolute atomic E-state index is 0.602. The fourth-order valence-electron chi connectivity index (χ4n) is 3.01. The molecule has 1 N–H and O–H groups in total. The van der Waals surface area contributed by atoms with Gasteiger partial charge in [0.1, 0.15) is 11.8 Å². The van der Waals surface area contributed by atoms with E-state index in [1.54, 1.807) is 7.11 Å². The van der Waals surface area contributed by atoms with E-state index in [9.17, 15) is 0 Å². The van der Waals surface area contributed by atoms with E-state index in [1.165, 1.54) is 18.4 Å². The number of nitriles is 1. The van der Waals surface area contributed by atoms with Crippen molar-refractivity contribution in [2.24, 2.45) is 0 Å². The second kappa shape index (κ2) is 8.02. The summed E-state index contributed by atoms with van der Waals surface area (Å²) in [7, 11) is 1.62. The summed E-state index contributed by atoms with van der Waals surface area (Å²) in [6.45, 7) is 6.50. The number of hydrogen-bond acceptors (Lipinski definition) is 4. The molecule has 0 aromatic heterocycles. The zero-order valence-corrected chi connectivity index (χ0v) is 13.1. The number of nitrogens with one attached hydrogen (secondary N) is 1. The number of rotatable bonds is 6. The van der Waals surface area contributed by atoms with Gasteiger partial charge in [0.15, 0.2) is 0 Å². The van der Waals surface area contributed by atoms with Gasteiger partial charge in [-0.2, -0.15) is 5.26 Å². The average molecular weight is 287 g/mol. The second-order valence-electron chi connectivity index (χ2n) is 5.60. The van der Waals surface area contributed by atoms with E-state index in [2.05, 4.69) is 23.2 Å². The minimum atomic E-state index is 0.602. The molecule has 4 nitrogen and oxygen atoms in total. The summed E-state index contributed by atoms with van der Waals surface area (Å²) in [5.41, 5.74) is 1.82. The molecule has 2 rings (SSSR count). The number of piperidine rings is 1. The Labute approximate surface area is 127 Å². The Morgan fingerprint density at radius 3 is 2.76 bits per heavy atom. The molecule has 1 aliphatic rings. The number of benzene rings is 1. The minimum Gasteiger partial charge on any atom is -0.495 e. The van der Waals surface area contributed by atoms with Gasteiger partial charge in [-0.25, -0.2) is 0 Å². The Morgan fingerprint density at radius 2 is 2.14 bits per heavy atom. The van der Waals surface area contributed by atoms with Crippen LogP contribution in [0.4, 0.5) is 0 Å². The van der Waals surface area contributed by atoms with Crippen molar-refractivity contribution in [1.29, 1.82) is 5.26 Å². The van der Waals surface area contributed by atoms with E-state index >= 15 is 0 Å². The molecule has 114 valence electrons. The van der Waals surface area contributed by atoms with Crippen LogP contribution >= 0.6 is 0 Å². The van der Waals surface area contributed by atoms with Gasteiger partial charge < -0.3 is 10.1 Å². The summed E-state index contributed by atoms with van der Waals surface area (Å²) in [6.07, 6.45) is 3.60. The molecular formula is C17H25N3O. The molecule has 0 saturated carbocycles. The van der Waals surface area contributed by atoms with Crippen molar-refractivity contribution in [3.05, 3.63) is 29.3 Å². The average Bonchev–Trinajstić information content (AvgIpc) is 2.55. The van der Waals surface area contributed by atoms with E-state index < -0.39 is 0 Å². The lowest BCUT2D eigenvalue weighted by Crippen LogP contribution is -2.43. The molecule has 1 heterocycles. The standard InChI is InChI=1S/C17H25N3O/c1-3-10-20(16-6-8-19-9-7-16)13-14-4-5-15(12-18)17(11-14)21-2/h4-5,11,16,19H,3,6-10,13H2,1-2H3. The number of nitrogens with zero attached hydrogens (tertiary/aromatic N) is 2. The van der Waals surface area contributed by atoms with Crippen molar-refractivity contribution >= 4 is 0 Å². The quantitative estimate of drug-likeness (QED) is 0.873. The van der Waals surface area contributed by atoms with Crippen LogP contribution in [0.3, 0.4) is 0 Å². The Balaban J connectivity index is 2.10. The van der Waals surface area contributed by atoms with Crippen LogP contribution in [-0.2, 0) is 6.54 Å². The van der Waals surface area contributed by atoms with Crippen LogP contribution in [-0.4, -0.2) is 37.7 Å². The normalized spacial score (nSPS) is 15.9. The monoisotopic (exact) mass is 287 g/mol. The number of ether oxygens (including phenoxy) is 1. The predicted octanol–water partition coefficient (Wildman–Crippen LogP) is 2.53. The van der Waals surface area contributed by atoms with Gasteiger partial charge in [-0.1, -0.05) is 13.0 Å².